The molecule has 0 aliphatic carbocycles. The number of hydrogen-bond acceptors (Lipinski definition) is 7. The Morgan fingerprint density at radius 3 is 2.65 bits per heavy atom. The van der Waals surface area contributed by atoms with Gasteiger partial charge in [0.15, 0.2) is 11.5 Å². The van der Waals surface area contributed by atoms with E-state index in [1.54, 1.807) is 0 Å². The highest BCUT2D eigenvalue weighted by Crippen LogP contribution is 2.24. The van der Waals surface area contributed by atoms with Crippen molar-refractivity contribution in [1.82, 2.24) is 15.0 Å². The van der Waals surface area contributed by atoms with Gasteiger partial charge >= 0.3 is 4.87 Å². The van der Waals surface area contributed by atoms with Gasteiger partial charge in [-0.05, 0) is 11.5 Å². The van der Waals surface area contributed by atoms with Crippen molar-refractivity contribution in [3.63, 3.8) is 0 Å². The number of aromatic amines is 1. The molecule has 3 N–H and O–H groups in total. The molecule has 1 unspecified atom stereocenters. The number of fused-ring (bicyclic) bond motifs is 1. The summed E-state index contributed by atoms with van der Waals surface area (Å²) in [6.45, 7) is 3.87. The van der Waals surface area contributed by atoms with Crippen LogP contribution >= 0.6 is 11.3 Å². The van der Waals surface area contributed by atoms with Crippen LogP contribution in [0.5, 0.6) is 0 Å². The van der Waals surface area contributed by atoms with Crippen molar-refractivity contribution in [1.29, 1.82) is 0 Å². The number of aliphatic hydroxyl groups is 1. The molecule has 0 saturated heterocycles. The van der Waals surface area contributed by atoms with Crippen LogP contribution in [0.4, 0.5) is 5.82 Å². The molecule has 0 aliphatic heterocycles. The number of anilines is 1. The van der Waals surface area contributed by atoms with E-state index in [1.807, 2.05) is 44.2 Å². The molecule has 1 aromatic carbocycles. The second-order valence-corrected chi connectivity index (χ2v) is 8.53. The van der Waals surface area contributed by atoms with Crippen molar-refractivity contribution >= 4 is 38.3 Å². The molecule has 0 bridgehead atoms. The van der Waals surface area contributed by atoms with Gasteiger partial charge in [-0.15, -0.1) is 0 Å². The Labute approximate surface area is 157 Å². The number of benzene rings is 1. The molecular weight excluding hydrogens is 372 g/mol. The molecule has 0 aliphatic rings. The van der Waals surface area contributed by atoms with Crippen LogP contribution < -0.4 is 10.2 Å². The highest BCUT2D eigenvalue weighted by Gasteiger charge is 2.19. The Bertz CT molecular complexity index is 969. The van der Waals surface area contributed by atoms with Crippen molar-refractivity contribution in [3.05, 3.63) is 45.6 Å². The summed E-state index contributed by atoms with van der Waals surface area (Å²) in [5.74, 6) is 0.856. The number of nitrogens with one attached hydrogen (secondary N) is 2. The van der Waals surface area contributed by atoms with Gasteiger partial charge in [-0.3, -0.25) is 14.0 Å². The first-order valence-corrected chi connectivity index (χ1v) is 10.3. The largest absolute Gasteiger partial charge is 0.394 e. The molecular formula is C17H20N4O3S2. The fraction of sp³-hybridized carbons (Fsp3) is 0.353. The van der Waals surface area contributed by atoms with Crippen LogP contribution in [0.15, 0.2) is 40.3 Å². The van der Waals surface area contributed by atoms with Crippen LogP contribution in [-0.2, 0) is 16.6 Å². The minimum absolute atomic E-state index is 0.0784. The lowest BCUT2D eigenvalue weighted by Crippen LogP contribution is -2.30. The molecule has 2 atom stereocenters. The monoisotopic (exact) mass is 392 g/mol. The van der Waals surface area contributed by atoms with E-state index in [-0.39, 0.29) is 34.3 Å². The number of nitrogens with zero attached hydrogens (tertiary/aromatic N) is 2. The summed E-state index contributed by atoms with van der Waals surface area (Å²) in [5, 5.41) is 12.9. The molecule has 9 heteroatoms. The van der Waals surface area contributed by atoms with Crippen LogP contribution in [0.25, 0.3) is 10.3 Å². The second kappa shape index (κ2) is 8.07. The van der Waals surface area contributed by atoms with E-state index in [0.29, 0.717) is 16.2 Å². The maximum absolute atomic E-state index is 12.7. The van der Waals surface area contributed by atoms with Crippen molar-refractivity contribution in [2.45, 2.75) is 30.8 Å². The first-order valence-electron chi connectivity index (χ1n) is 8.18. The van der Waals surface area contributed by atoms with Gasteiger partial charge in [0, 0.05) is 0 Å². The summed E-state index contributed by atoms with van der Waals surface area (Å²) in [6.07, 6.45) is 0. The standard InChI is InChI=1S/C17H20N4O3S2/c1-10(2)12(8-22)18-14-13-15(21-17(23)25-13)20-16(19-14)26(24)9-11-6-4-3-5-7-11/h3-7,10,12,22H,8-9H2,1-2H3,(H2,18,19,20,21,23)/t12-,26?/m0/s1. The number of aromatic nitrogens is 3. The number of rotatable bonds is 7. The third-order valence-corrected chi connectivity index (χ3v) is 5.99. The van der Waals surface area contributed by atoms with Crippen LogP contribution in [0.3, 0.4) is 0 Å². The molecule has 0 amide bonds. The molecule has 26 heavy (non-hydrogen) atoms. The van der Waals surface area contributed by atoms with E-state index in [0.717, 1.165) is 16.9 Å². The van der Waals surface area contributed by atoms with Gasteiger partial charge in [-0.2, -0.15) is 0 Å². The Balaban J connectivity index is 1.98. The van der Waals surface area contributed by atoms with E-state index in [4.69, 9.17) is 0 Å². The molecule has 7 nitrogen and oxygen atoms in total. The second-order valence-electron chi connectivity index (χ2n) is 6.20. The zero-order valence-electron chi connectivity index (χ0n) is 14.4. The first kappa shape index (κ1) is 18.7. The zero-order valence-corrected chi connectivity index (χ0v) is 16.1. The highest BCUT2D eigenvalue weighted by molar-refractivity contribution is 7.84. The van der Waals surface area contributed by atoms with Crippen molar-refractivity contribution in [2.24, 2.45) is 5.92 Å². The summed E-state index contributed by atoms with van der Waals surface area (Å²) < 4.78 is 13.3. The number of thiazole rings is 1. The summed E-state index contributed by atoms with van der Waals surface area (Å²) in [6, 6.07) is 9.21. The van der Waals surface area contributed by atoms with E-state index in [9.17, 15) is 14.1 Å². The van der Waals surface area contributed by atoms with Crippen LogP contribution in [-0.4, -0.2) is 36.9 Å². The zero-order chi connectivity index (χ0) is 18.7. The molecule has 138 valence electrons. The third kappa shape index (κ3) is 4.17. The Kier molecular flexibility index (Phi) is 5.80. The topological polar surface area (TPSA) is 108 Å². The van der Waals surface area contributed by atoms with Crippen LogP contribution in [0.2, 0.25) is 0 Å². The molecule has 0 fully saturated rings. The third-order valence-electron chi connectivity index (χ3n) is 3.93. The highest BCUT2D eigenvalue weighted by atomic mass is 32.2. The average molecular weight is 393 g/mol. The van der Waals surface area contributed by atoms with Crippen molar-refractivity contribution in [3.8, 4) is 0 Å². The number of H-pyrrole nitrogens is 1. The van der Waals surface area contributed by atoms with E-state index >= 15 is 0 Å². The lowest BCUT2D eigenvalue weighted by Gasteiger charge is -2.20. The Hall–Kier alpha value is -2.10. The Morgan fingerprint density at radius 2 is 2.00 bits per heavy atom. The maximum atomic E-state index is 12.7. The van der Waals surface area contributed by atoms with Gasteiger partial charge < -0.3 is 10.4 Å². The quantitative estimate of drug-likeness (QED) is 0.532. The van der Waals surface area contributed by atoms with Gasteiger partial charge in [0.2, 0.25) is 5.16 Å². The number of aliphatic hydroxyl groups excluding tert-OH is 1. The Morgan fingerprint density at radius 1 is 1.27 bits per heavy atom. The van der Waals surface area contributed by atoms with Crippen LogP contribution in [0.1, 0.15) is 19.4 Å². The molecule has 0 saturated carbocycles. The van der Waals surface area contributed by atoms with Gasteiger partial charge in [-0.1, -0.05) is 55.5 Å². The minimum Gasteiger partial charge on any atom is -0.394 e. The summed E-state index contributed by atoms with van der Waals surface area (Å²) in [7, 11) is -1.46. The molecule has 0 spiro atoms. The summed E-state index contributed by atoms with van der Waals surface area (Å²) in [5.41, 5.74) is 1.27. The smallest absolute Gasteiger partial charge is 0.306 e. The minimum atomic E-state index is -1.46. The summed E-state index contributed by atoms with van der Waals surface area (Å²) in [4.78, 5) is 22.8. The molecule has 2 heterocycles. The van der Waals surface area contributed by atoms with E-state index < -0.39 is 10.8 Å². The molecule has 3 rings (SSSR count). The van der Waals surface area contributed by atoms with E-state index in [2.05, 4.69) is 20.3 Å². The lowest BCUT2D eigenvalue weighted by molar-refractivity contribution is 0.249. The molecule has 0 radical (unpaired) electrons. The fourth-order valence-corrected chi connectivity index (χ4v) is 4.15. The van der Waals surface area contributed by atoms with Gasteiger partial charge in [0.1, 0.15) is 4.70 Å². The predicted octanol–water partition coefficient (Wildman–Crippen LogP) is 2.12. The van der Waals surface area contributed by atoms with Gasteiger partial charge in [0.25, 0.3) is 0 Å². The van der Waals surface area contributed by atoms with Gasteiger partial charge in [0.05, 0.1) is 29.2 Å². The van der Waals surface area contributed by atoms with Crippen molar-refractivity contribution in [2.75, 3.05) is 11.9 Å². The molecule has 3 aromatic rings. The fourth-order valence-electron chi connectivity index (χ4n) is 2.41. The molecule has 2 aromatic heterocycles. The van der Waals surface area contributed by atoms with E-state index in [1.165, 1.54) is 0 Å². The number of hydrogen-bond donors (Lipinski definition) is 3. The summed E-state index contributed by atoms with van der Waals surface area (Å²) >= 11 is 0.988. The SMILES string of the molecule is CC(C)[C@H](CO)Nc1nc(S(=O)Cc2ccccc2)nc2[nH]c(=O)sc12. The lowest BCUT2D eigenvalue weighted by atomic mass is 10.1. The maximum Gasteiger partial charge on any atom is 0.306 e. The normalized spacial score (nSPS) is 13.8. The average Bonchev–Trinajstić information content (AvgIpc) is 3.00. The predicted molar refractivity (Wildman–Crippen MR) is 104 cm³/mol. The van der Waals surface area contributed by atoms with Crippen LogP contribution in [0, 0.1) is 5.92 Å². The first-order chi connectivity index (χ1) is 12.5. The van der Waals surface area contributed by atoms with Crippen molar-refractivity contribution < 1.29 is 9.32 Å². The van der Waals surface area contributed by atoms with Gasteiger partial charge in [-0.25, -0.2) is 9.97 Å².